The van der Waals surface area contributed by atoms with E-state index < -0.39 is 11.2 Å². The van der Waals surface area contributed by atoms with Crippen LogP contribution in [0.2, 0.25) is 0 Å². The Morgan fingerprint density at radius 3 is 2.33 bits per heavy atom. The van der Waals surface area contributed by atoms with Gasteiger partial charge in [0.15, 0.2) is 11.0 Å². The fourth-order valence-electron chi connectivity index (χ4n) is 3.02. The molecule has 2 N–H and O–H groups in total. The number of amides is 1. The molecule has 0 aliphatic carbocycles. The molecule has 2 aromatic heterocycles. The van der Waals surface area contributed by atoms with Crippen LogP contribution in [-0.2, 0) is 4.79 Å². The van der Waals surface area contributed by atoms with Crippen LogP contribution >= 0.6 is 11.8 Å². The maximum Gasteiger partial charge on any atom is 0.235 e. The summed E-state index contributed by atoms with van der Waals surface area (Å²) in [6.07, 6.45) is 3.40. The number of benzene rings is 2. The van der Waals surface area contributed by atoms with Gasteiger partial charge >= 0.3 is 0 Å². The van der Waals surface area contributed by atoms with Gasteiger partial charge in [0.05, 0.1) is 7.11 Å². The van der Waals surface area contributed by atoms with Crippen LogP contribution < -0.4 is 10.5 Å². The lowest BCUT2D eigenvalue weighted by atomic mass is 10.1. The third kappa shape index (κ3) is 4.04. The van der Waals surface area contributed by atoms with Crippen LogP contribution in [0.15, 0.2) is 84.3 Å². The number of nitrogens with zero attached hydrogens (tertiary/aromatic N) is 4. The van der Waals surface area contributed by atoms with E-state index in [2.05, 4.69) is 15.2 Å². The fraction of sp³-hybridized carbons (Fsp3) is 0.0909. The Labute approximate surface area is 177 Å². The minimum absolute atomic E-state index is 0.444. The molecule has 0 bridgehead atoms. The summed E-state index contributed by atoms with van der Waals surface area (Å²) in [6, 6.07) is 20.7. The Morgan fingerprint density at radius 2 is 1.70 bits per heavy atom. The van der Waals surface area contributed by atoms with Gasteiger partial charge < -0.3 is 10.5 Å². The van der Waals surface area contributed by atoms with Crippen molar-refractivity contribution in [1.82, 2.24) is 19.7 Å². The summed E-state index contributed by atoms with van der Waals surface area (Å²) in [5.41, 5.74) is 8.23. The first-order valence-corrected chi connectivity index (χ1v) is 10.1. The molecule has 0 saturated heterocycles. The molecule has 4 aromatic rings. The van der Waals surface area contributed by atoms with E-state index in [4.69, 9.17) is 10.5 Å². The van der Waals surface area contributed by atoms with Gasteiger partial charge in [0.1, 0.15) is 11.0 Å². The molecule has 0 radical (unpaired) electrons. The first-order chi connectivity index (χ1) is 14.7. The predicted octanol–water partition coefficient (Wildman–Crippen LogP) is 3.66. The van der Waals surface area contributed by atoms with Gasteiger partial charge in [0, 0.05) is 23.6 Å². The Morgan fingerprint density at radius 1 is 1.00 bits per heavy atom. The molecule has 1 atom stereocenters. The normalized spacial score (nSPS) is 11.8. The van der Waals surface area contributed by atoms with Crippen molar-refractivity contribution in [2.75, 3.05) is 7.11 Å². The molecule has 4 rings (SSSR count). The molecule has 8 heteroatoms. The third-order valence-electron chi connectivity index (χ3n) is 4.49. The van der Waals surface area contributed by atoms with Gasteiger partial charge in [-0.2, -0.15) is 0 Å². The van der Waals surface area contributed by atoms with Crippen LogP contribution in [0.3, 0.4) is 0 Å². The summed E-state index contributed by atoms with van der Waals surface area (Å²) in [5, 5.41) is 8.72. The van der Waals surface area contributed by atoms with Gasteiger partial charge in [-0.15, -0.1) is 10.2 Å². The van der Waals surface area contributed by atoms with E-state index in [9.17, 15) is 4.79 Å². The van der Waals surface area contributed by atoms with Gasteiger partial charge in [-0.1, -0.05) is 42.1 Å². The van der Waals surface area contributed by atoms with Crippen molar-refractivity contribution in [2.45, 2.75) is 10.4 Å². The van der Waals surface area contributed by atoms with Gasteiger partial charge in [-0.25, -0.2) is 0 Å². The topological polar surface area (TPSA) is 95.9 Å². The molecular formula is C22H19N5O2S. The molecular weight excluding hydrogens is 398 g/mol. The number of rotatable bonds is 7. The molecule has 0 fully saturated rings. The van der Waals surface area contributed by atoms with Crippen LogP contribution in [-0.4, -0.2) is 32.8 Å². The third-order valence-corrected chi connectivity index (χ3v) is 5.70. The van der Waals surface area contributed by atoms with Gasteiger partial charge in [-0.3, -0.25) is 14.3 Å². The smallest absolute Gasteiger partial charge is 0.235 e. The number of ether oxygens (including phenoxy) is 1. The lowest BCUT2D eigenvalue weighted by molar-refractivity contribution is -0.117. The van der Waals surface area contributed by atoms with E-state index in [1.165, 1.54) is 11.8 Å². The Hall–Kier alpha value is -3.65. The zero-order valence-electron chi connectivity index (χ0n) is 16.2. The highest BCUT2D eigenvalue weighted by Crippen LogP contribution is 2.37. The number of carbonyl (C=O) groups is 1. The number of hydrogen-bond acceptors (Lipinski definition) is 6. The Kier molecular flexibility index (Phi) is 5.76. The van der Waals surface area contributed by atoms with E-state index in [0.717, 1.165) is 22.6 Å². The highest BCUT2D eigenvalue weighted by atomic mass is 32.2. The van der Waals surface area contributed by atoms with Crippen LogP contribution in [0.25, 0.3) is 17.1 Å². The zero-order valence-corrected chi connectivity index (χ0v) is 17.0. The summed E-state index contributed by atoms with van der Waals surface area (Å²) in [4.78, 5) is 16.3. The molecule has 30 heavy (non-hydrogen) atoms. The second kappa shape index (κ2) is 8.79. The first-order valence-electron chi connectivity index (χ1n) is 9.18. The van der Waals surface area contributed by atoms with Crippen molar-refractivity contribution in [3.05, 3.63) is 84.7 Å². The number of carbonyl (C=O) groups excluding carboxylic acids is 1. The van der Waals surface area contributed by atoms with Crippen LogP contribution in [0, 0.1) is 0 Å². The monoisotopic (exact) mass is 417 g/mol. The lowest BCUT2D eigenvalue weighted by Gasteiger charge is -2.15. The van der Waals surface area contributed by atoms with E-state index >= 15 is 0 Å². The highest BCUT2D eigenvalue weighted by molar-refractivity contribution is 8.00. The second-order valence-corrected chi connectivity index (χ2v) is 7.46. The van der Waals surface area contributed by atoms with E-state index in [-0.39, 0.29) is 0 Å². The second-order valence-electron chi connectivity index (χ2n) is 6.39. The maximum absolute atomic E-state index is 12.2. The number of primary amides is 1. The van der Waals surface area contributed by atoms with Crippen molar-refractivity contribution in [1.29, 1.82) is 0 Å². The Balaban J connectivity index is 1.81. The minimum Gasteiger partial charge on any atom is -0.497 e. The number of nitrogens with two attached hydrogens (primary N) is 1. The van der Waals surface area contributed by atoms with Gasteiger partial charge in [0.2, 0.25) is 5.91 Å². The lowest BCUT2D eigenvalue weighted by Crippen LogP contribution is -2.19. The maximum atomic E-state index is 12.2. The molecule has 2 aromatic carbocycles. The number of thioether (sulfide) groups is 1. The van der Waals surface area contributed by atoms with E-state index in [1.807, 2.05) is 71.3 Å². The number of pyridine rings is 1. The zero-order chi connectivity index (χ0) is 20.9. The van der Waals surface area contributed by atoms with E-state index in [0.29, 0.717) is 11.0 Å². The summed E-state index contributed by atoms with van der Waals surface area (Å²) in [7, 11) is 1.62. The van der Waals surface area contributed by atoms with Crippen molar-refractivity contribution < 1.29 is 9.53 Å². The molecule has 1 amide bonds. The van der Waals surface area contributed by atoms with Crippen molar-refractivity contribution in [3.63, 3.8) is 0 Å². The standard InChI is InChI=1S/C22H19N5O2S/c1-29-18-9-7-17(8-10-18)27-21(16-11-13-24-14-12-16)25-26-22(27)30-19(20(23)28)15-5-3-2-4-6-15/h2-14,19H,1H3,(H2,23,28)/t19-/m1/s1. The number of methoxy groups -OCH3 is 1. The van der Waals surface area contributed by atoms with Crippen LogP contribution in [0.4, 0.5) is 0 Å². The van der Waals surface area contributed by atoms with Crippen molar-refractivity contribution in [3.8, 4) is 22.8 Å². The molecule has 0 spiro atoms. The van der Waals surface area contributed by atoms with Crippen LogP contribution in [0.5, 0.6) is 5.75 Å². The molecule has 0 aliphatic heterocycles. The summed E-state index contributed by atoms with van der Waals surface area (Å²) >= 11 is 1.26. The van der Waals surface area contributed by atoms with E-state index in [1.54, 1.807) is 19.5 Å². The summed E-state index contributed by atoms with van der Waals surface area (Å²) in [6.45, 7) is 0. The average Bonchev–Trinajstić information content (AvgIpc) is 3.22. The quantitative estimate of drug-likeness (QED) is 0.461. The van der Waals surface area contributed by atoms with Crippen molar-refractivity contribution >= 4 is 17.7 Å². The number of hydrogen-bond donors (Lipinski definition) is 1. The molecule has 2 heterocycles. The fourth-order valence-corrected chi connectivity index (χ4v) is 4.03. The number of aromatic nitrogens is 4. The SMILES string of the molecule is COc1ccc(-n2c(S[C@@H](C(N)=O)c3ccccc3)nnc2-c2ccncc2)cc1. The predicted molar refractivity (Wildman–Crippen MR) is 115 cm³/mol. The van der Waals surface area contributed by atoms with Gasteiger partial charge in [0.25, 0.3) is 0 Å². The molecule has 150 valence electrons. The highest BCUT2D eigenvalue weighted by Gasteiger charge is 2.25. The molecule has 0 aliphatic rings. The summed E-state index contributed by atoms with van der Waals surface area (Å²) in [5.74, 6) is 0.938. The largest absolute Gasteiger partial charge is 0.497 e. The van der Waals surface area contributed by atoms with Crippen LogP contribution in [0.1, 0.15) is 10.8 Å². The molecule has 0 unspecified atom stereocenters. The average molecular weight is 417 g/mol. The van der Waals surface area contributed by atoms with Crippen molar-refractivity contribution in [2.24, 2.45) is 5.73 Å². The Bertz CT molecular complexity index is 1130. The minimum atomic E-state index is -0.599. The molecule has 7 nitrogen and oxygen atoms in total. The first kappa shape index (κ1) is 19.7. The molecule has 0 saturated carbocycles. The van der Waals surface area contributed by atoms with Gasteiger partial charge in [-0.05, 0) is 42.0 Å². The summed E-state index contributed by atoms with van der Waals surface area (Å²) < 4.78 is 7.17.